The highest BCUT2D eigenvalue weighted by Gasteiger charge is 2.54. The molecule has 0 aromatic heterocycles. The molecule has 2 heterocycles. The van der Waals surface area contributed by atoms with Crippen LogP contribution in [0.5, 0.6) is 0 Å². The predicted octanol–water partition coefficient (Wildman–Crippen LogP) is 5.15. The van der Waals surface area contributed by atoms with E-state index in [4.69, 9.17) is 0 Å². The lowest BCUT2D eigenvalue weighted by Crippen LogP contribution is -2.42. The molecule has 3 aromatic rings. The number of carbonyl (C=O) groups excluding carboxylic acids is 1. The van der Waals surface area contributed by atoms with E-state index in [-0.39, 0.29) is 10.5 Å². The van der Waals surface area contributed by atoms with Crippen LogP contribution in [0.1, 0.15) is 34.2 Å². The van der Waals surface area contributed by atoms with Gasteiger partial charge in [0.2, 0.25) is 0 Å². The molecule has 5 rings (SSSR count). The van der Waals surface area contributed by atoms with E-state index in [0.29, 0.717) is 0 Å². The molecule has 8 heteroatoms. The van der Waals surface area contributed by atoms with Gasteiger partial charge in [0.25, 0.3) is 15.9 Å². The van der Waals surface area contributed by atoms with Crippen molar-refractivity contribution in [3.63, 3.8) is 0 Å². The average molecular weight is 513 g/mol. The minimum Gasteiger partial charge on any atom is -0.271 e. The molecule has 2 aliphatic rings. The van der Waals surface area contributed by atoms with Crippen LogP contribution in [0, 0.1) is 12.7 Å². The van der Waals surface area contributed by atoms with E-state index in [1.807, 2.05) is 25.1 Å². The maximum absolute atomic E-state index is 14.9. The van der Waals surface area contributed by atoms with Gasteiger partial charge in [-0.05, 0) is 48.4 Å². The minimum absolute atomic E-state index is 0.00202. The van der Waals surface area contributed by atoms with Crippen molar-refractivity contribution in [2.75, 3.05) is 0 Å². The number of hydrazine groups is 1. The fourth-order valence-corrected chi connectivity index (χ4v) is 6.28. The Morgan fingerprint density at radius 3 is 2.34 bits per heavy atom. The normalized spacial score (nSPS) is 19.8. The molecule has 1 amide bonds. The van der Waals surface area contributed by atoms with Crippen molar-refractivity contribution in [3.05, 3.63) is 105 Å². The molecule has 5 nitrogen and oxygen atoms in total. The maximum atomic E-state index is 14.9. The number of sulfonamides is 1. The summed E-state index contributed by atoms with van der Waals surface area (Å²) >= 11 is 3.52. The summed E-state index contributed by atoms with van der Waals surface area (Å²) in [6.07, 6.45) is 3.33. The number of fused-ring (bicyclic) bond motifs is 3. The summed E-state index contributed by atoms with van der Waals surface area (Å²) in [4.78, 5) is 13.7. The summed E-state index contributed by atoms with van der Waals surface area (Å²) in [6.45, 7) is 1.85. The predicted molar refractivity (Wildman–Crippen MR) is 122 cm³/mol. The van der Waals surface area contributed by atoms with Crippen molar-refractivity contribution in [2.45, 2.75) is 23.8 Å². The number of carbonyl (C=O) groups is 1. The molecule has 32 heavy (non-hydrogen) atoms. The Kier molecular flexibility index (Phi) is 4.94. The first kappa shape index (κ1) is 20.9. The number of amides is 1. The maximum Gasteiger partial charge on any atom is 0.284 e. The highest BCUT2D eigenvalue weighted by Crippen LogP contribution is 2.50. The highest BCUT2D eigenvalue weighted by molar-refractivity contribution is 9.10. The van der Waals surface area contributed by atoms with Gasteiger partial charge in [-0.1, -0.05) is 64.0 Å². The van der Waals surface area contributed by atoms with Crippen LogP contribution in [0.2, 0.25) is 0 Å². The number of hydrogen-bond donors (Lipinski definition) is 0. The quantitative estimate of drug-likeness (QED) is 0.486. The van der Waals surface area contributed by atoms with Crippen LogP contribution in [-0.2, 0) is 14.8 Å². The molecule has 0 N–H and O–H groups in total. The third-order valence-electron chi connectivity index (χ3n) is 5.85. The smallest absolute Gasteiger partial charge is 0.271 e. The molecule has 1 fully saturated rings. The van der Waals surface area contributed by atoms with Crippen molar-refractivity contribution in [3.8, 4) is 0 Å². The molecule has 2 aliphatic heterocycles. The fourth-order valence-electron chi connectivity index (χ4n) is 4.33. The first-order chi connectivity index (χ1) is 15.3. The molecule has 1 saturated heterocycles. The number of nitrogens with zero attached hydrogens (tertiary/aromatic N) is 2. The second-order valence-corrected chi connectivity index (χ2v) is 10.4. The van der Waals surface area contributed by atoms with E-state index in [2.05, 4.69) is 15.9 Å². The van der Waals surface area contributed by atoms with Crippen LogP contribution < -0.4 is 0 Å². The van der Waals surface area contributed by atoms with Gasteiger partial charge in [0.05, 0.1) is 16.9 Å². The van der Waals surface area contributed by atoms with Gasteiger partial charge >= 0.3 is 0 Å². The molecule has 0 aliphatic carbocycles. The Bertz CT molecular complexity index is 1370. The largest absolute Gasteiger partial charge is 0.284 e. The van der Waals surface area contributed by atoms with Gasteiger partial charge in [0.15, 0.2) is 0 Å². The van der Waals surface area contributed by atoms with Gasteiger partial charge in [-0.3, -0.25) is 9.80 Å². The third kappa shape index (κ3) is 3.09. The van der Waals surface area contributed by atoms with Crippen LogP contribution in [-0.4, -0.2) is 23.7 Å². The van der Waals surface area contributed by atoms with E-state index in [0.717, 1.165) is 25.6 Å². The van der Waals surface area contributed by atoms with Gasteiger partial charge in [-0.25, -0.2) is 4.39 Å². The van der Waals surface area contributed by atoms with Crippen LogP contribution in [0.25, 0.3) is 6.08 Å². The molecule has 2 atom stereocenters. The Morgan fingerprint density at radius 2 is 1.62 bits per heavy atom. The Morgan fingerprint density at radius 1 is 0.938 bits per heavy atom. The van der Waals surface area contributed by atoms with Crippen LogP contribution >= 0.6 is 15.9 Å². The zero-order valence-electron chi connectivity index (χ0n) is 16.9. The molecular weight excluding hydrogens is 495 g/mol. The van der Waals surface area contributed by atoms with Gasteiger partial charge in [0, 0.05) is 16.2 Å². The second-order valence-electron chi connectivity index (χ2n) is 7.78. The van der Waals surface area contributed by atoms with E-state index < -0.39 is 33.7 Å². The van der Waals surface area contributed by atoms with E-state index in [9.17, 15) is 17.6 Å². The van der Waals surface area contributed by atoms with Crippen molar-refractivity contribution in [2.24, 2.45) is 0 Å². The minimum atomic E-state index is -4.22. The number of halogens is 2. The van der Waals surface area contributed by atoms with Crippen molar-refractivity contribution < 1.29 is 17.6 Å². The Balaban J connectivity index is 1.72. The monoisotopic (exact) mass is 512 g/mol. The summed E-state index contributed by atoms with van der Waals surface area (Å²) in [5, 5.41) is 1.41. The van der Waals surface area contributed by atoms with Gasteiger partial charge in [0.1, 0.15) is 5.82 Å². The topological polar surface area (TPSA) is 57.7 Å². The number of aryl methyl sites for hydroxylation is 1. The van der Waals surface area contributed by atoms with Gasteiger partial charge in [-0.2, -0.15) is 8.42 Å². The number of rotatable bonds is 3. The van der Waals surface area contributed by atoms with Crippen LogP contribution in [0.3, 0.4) is 0 Å². The van der Waals surface area contributed by atoms with Crippen LogP contribution in [0.4, 0.5) is 4.39 Å². The molecule has 0 spiro atoms. The molecule has 0 saturated carbocycles. The molecule has 0 unspecified atom stereocenters. The number of hydrogen-bond acceptors (Lipinski definition) is 4. The molecule has 0 radical (unpaired) electrons. The zero-order chi connectivity index (χ0) is 22.6. The van der Waals surface area contributed by atoms with Crippen molar-refractivity contribution in [1.29, 1.82) is 0 Å². The Hall–Kier alpha value is -2.97. The first-order valence-electron chi connectivity index (χ1n) is 9.96. The molecular formula is C24H18BrFN2O3S. The van der Waals surface area contributed by atoms with Gasteiger partial charge in [-0.15, -0.1) is 4.41 Å². The lowest BCUT2D eigenvalue weighted by molar-refractivity contribution is -0.128. The second kappa shape index (κ2) is 7.56. The third-order valence-corrected chi connectivity index (χ3v) is 8.23. The molecule has 162 valence electrons. The lowest BCUT2D eigenvalue weighted by Gasteiger charge is -2.34. The summed E-state index contributed by atoms with van der Waals surface area (Å²) in [6, 6.07) is 17.1. The Labute approximate surface area is 193 Å². The fraction of sp³-hybridized carbons (Fsp3) is 0.125. The average Bonchev–Trinajstić information content (AvgIpc) is 3.07. The SMILES string of the molecule is Cc1ccc(S(=O)(=O)N2C(=O)[C@H](c3ccccc3F)[C@H]3c4cccc(Br)c4C=CN32)cc1. The first-order valence-corrected chi connectivity index (χ1v) is 12.2. The lowest BCUT2D eigenvalue weighted by atomic mass is 9.84. The molecule has 3 aromatic carbocycles. The number of benzene rings is 3. The summed E-state index contributed by atoms with van der Waals surface area (Å²) in [5.74, 6) is -2.28. The highest BCUT2D eigenvalue weighted by atomic mass is 79.9. The molecule has 0 bridgehead atoms. The van der Waals surface area contributed by atoms with E-state index in [1.165, 1.54) is 29.3 Å². The summed E-state index contributed by atoms with van der Waals surface area (Å²) < 4.78 is 43.6. The van der Waals surface area contributed by atoms with Crippen LogP contribution in [0.15, 0.2) is 82.3 Å². The van der Waals surface area contributed by atoms with Crippen molar-refractivity contribution >= 4 is 37.9 Å². The summed E-state index contributed by atoms with van der Waals surface area (Å²) in [7, 11) is -4.22. The standard InChI is InChI=1S/C24H18BrFN2O3S/c1-15-9-11-16(12-10-15)32(30,31)28-24(29)22(19-5-2-3-8-21(19)26)23-18-6-4-7-20(25)17(18)13-14-27(23)28/h2-14,22-23H,1H3/t22-,23-/m1/s1. The van der Waals surface area contributed by atoms with Gasteiger partial charge < -0.3 is 0 Å². The van der Waals surface area contributed by atoms with E-state index >= 15 is 0 Å². The van der Waals surface area contributed by atoms with Crippen molar-refractivity contribution in [1.82, 2.24) is 9.42 Å². The summed E-state index contributed by atoms with van der Waals surface area (Å²) in [5.41, 5.74) is 2.63. The zero-order valence-corrected chi connectivity index (χ0v) is 19.3. The van der Waals surface area contributed by atoms with E-state index in [1.54, 1.807) is 36.5 Å².